The van der Waals surface area contributed by atoms with E-state index in [-0.39, 0.29) is 18.2 Å². The van der Waals surface area contributed by atoms with E-state index in [4.69, 9.17) is 25.9 Å². The van der Waals surface area contributed by atoms with Crippen LogP contribution in [0.1, 0.15) is 21.9 Å². The van der Waals surface area contributed by atoms with Crippen molar-refractivity contribution in [2.24, 2.45) is 0 Å². The lowest BCUT2D eigenvalue weighted by atomic mass is 10.2. The van der Waals surface area contributed by atoms with E-state index < -0.39 is 5.97 Å². The largest absolute Gasteiger partial charge is 0.484 e. The first-order valence-electron chi connectivity index (χ1n) is 5.13. The van der Waals surface area contributed by atoms with Gasteiger partial charge < -0.3 is 14.3 Å². The molecule has 0 saturated heterocycles. The number of ether oxygens (including phenoxy) is 1. The van der Waals surface area contributed by atoms with Gasteiger partial charge in [0.15, 0.2) is 12.3 Å². The SMILES string of the molecule is Cc1cc(Cl)ccc1OCc1nc(C(=O)O)co1. The van der Waals surface area contributed by atoms with Crippen LogP contribution in [-0.2, 0) is 6.61 Å². The molecule has 0 amide bonds. The van der Waals surface area contributed by atoms with Crippen molar-refractivity contribution in [3.63, 3.8) is 0 Å². The van der Waals surface area contributed by atoms with Crippen molar-refractivity contribution >= 4 is 17.6 Å². The van der Waals surface area contributed by atoms with Gasteiger partial charge in [0, 0.05) is 5.02 Å². The van der Waals surface area contributed by atoms with Crippen LogP contribution < -0.4 is 4.74 Å². The molecule has 2 aromatic rings. The molecule has 0 unspecified atom stereocenters. The Labute approximate surface area is 108 Å². The molecule has 1 aromatic carbocycles. The number of carbonyl (C=O) groups is 1. The van der Waals surface area contributed by atoms with Gasteiger partial charge in [-0.3, -0.25) is 0 Å². The molecule has 18 heavy (non-hydrogen) atoms. The summed E-state index contributed by atoms with van der Waals surface area (Å²) < 4.78 is 10.4. The number of aromatic nitrogens is 1. The number of aryl methyl sites for hydroxylation is 1. The summed E-state index contributed by atoms with van der Waals surface area (Å²) in [5, 5.41) is 9.31. The molecule has 5 nitrogen and oxygen atoms in total. The monoisotopic (exact) mass is 267 g/mol. The van der Waals surface area contributed by atoms with Crippen LogP contribution >= 0.6 is 11.6 Å². The molecule has 1 N–H and O–H groups in total. The summed E-state index contributed by atoms with van der Waals surface area (Å²) in [6.07, 6.45) is 1.08. The Morgan fingerprint density at radius 2 is 2.33 bits per heavy atom. The second kappa shape index (κ2) is 5.10. The van der Waals surface area contributed by atoms with Crippen molar-refractivity contribution < 1.29 is 19.1 Å². The van der Waals surface area contributed by atoms with E-state index in [0.29, 0.717) is 10.8 Å². The molecular weight excluding hydrogens is 258 g/mol. The van der Waals surface area contributed by atoms with E-state index in [9.17, 15) is 4.79 Å². The first kappa shape index (κ1) is 12.4. The standard InChI is InChI=1S/C12H10ClNO4/c1-7-4-8(13)2-3-10(7)17-6-11-14-9(5-18-11)12(15)16/h2-5H,6H2,1H3,(H,15,16). The highest BCUT2D eigenvalue weighted by Crippen LogP contribution is 2.22. The van der Waals surface area contributed by atoms with E-state index in [1.54, 1.807) is 18.2 Å². The third kappa shape index (κ3) is 2.81. The summed E-state index contributed by atoms with van der Waals surface area (Å²) >= 11 is 5.82. The number of carboxylic acids is 1. The average molecular weight is 268 g/mol. The minimum Gasteiger partial charge on any atom is -0.484 e. The fourth-order valence-electron chi connectivity index (χ4n) is 1.39. The van der Waals surface area contributed by atoms with Gasteiger partial charge in [0.2, 0.25) is 5.89 Å². The van der Waals surface area contributed by atoms with Gasteiger partial charge in [-0.05, 0) is 30.7 Å². The summed E-state index contributed by atoms with van der Waals surface area (Å²) in [7, 11) is 0. The second-order valence-corrected chi connectivity index (χ2v) is 4.07. The van der Waals surface area contributed by atoms with Gasteiger partial charge in [0.25, 0.3) is 0 Å². The number of benzene rings is 1. The number of halogens is 1. The third-order valence-electron chi connectivity index (χ3n) is 2.26. The van der Waals surface area contributed by atoms with Crippen LogP contribution in [0.4, 0.5) is 0 Å². The summed E-state index contributed by atoms with van der Waals surface area (Å²) in [4.78, 5) is 14.4. The van der Waals surface area contributed by atoms with Crippen molar-refractivity contribution in [1.29, 1.82) is 0 Å². The van der Waals surface area contributed by atoms with Crippen LogP contribution in [0, 0.1) is 6.92 Å². The zero-order valence-electron chi connectivity index (χ0n) is 9.51. The topological polar surface area (TPSA) is 72.6 Å². The Bertz CT molecular complexity index is 579. The molecule has 94 valence electrons. The molecular formula is C12H10ClNO4. The molecule has 0 radical (unpaired) electrons. The Morgan fingerprint density at radius 1 is 1.56 bits per heavy atom. The highest BCUT2D eigenvalue weighted by Gasteiger charge is 2.11. The Kier molecular flexibility index (Phi) is 3.53. The lowest BCUT2D eigenvalue weighted by molar-refractivity contribution is 0.0690. The highest BCUT2D eigenvalue weighted by atomic mass is 35.5. The number of aromatic carboxylic acids is 1. The fourth-order valence-corrected chi connectivity index (χ4v) is 1.62. The minimum atomic E-state index is -1.13. The maximum atomic E-state index is 10.6. The van der Waals surface area contributed by atoms with Crippen molar-refractivity contribution in [3.8, 4) is 5.75 Å². The molecule has 0 aliphatic rings. The Balaban J connectivity index is 2.04. The summed E-state index contributed by atoms with van der Waals surface area (Å²) in [5.41, 5.74) is 0.744. The molecule has 0 fully saturated rings. The molecule has 2 rings (SSSR count). The first-order chi connectivity index (χ1) is 8.56. The molecule has 0 bridgehead atoms. The Hall–Kier alpha value is -2.01. The van der Waals surface area contributed by atoms with Crippen molar-refractivity contribution in [2.45, 2.75) is 13.5 Å². The predicted molar refractivity (Wildman–Crippen MR) is 64.0 cm³/mol. The van der Waals surface area contributed by atoms with E-state index >= 15 is 0 Å². The van der Waals surface area contributed by atoms with Gasteiger partial charge >= 0.3 is 5.97 Å². The maximum absolute atomic E-state index is 10.6. The molecule has 0 atom stereocenters. The molecule has 1 heterocycles. The van der Waals surface area contributed by atoms with E-state index in [1.165, 1.54) is 0 Å². The van der Waals surface area contributed by atoms with Crippen LogP contribution in [-0.4, -0.2) is 16.1 Å². The normalized spacial score (nSPS) is 10.3. The van der Waals surface area contributed by atoms with Gasteiger partial charge in [0.1, 0.15) is 12.0 Å². The predicted octanol–water partition coefficient (Wildman–Crippen LogP) is 2.91. The number of carboxylic acid groups (broad SMARTS) is 1. The summed E-state index contributed by atoms with van der Waals surface area (Å²) in [6, 6.07) is 5.22. The fraction of sp³-hybridized carbons (Fsp3) is 0.167. The molecule has 1 aromatic heterocycles. The maximum Gasteiger partial charge on any atom is 0.357 e. The third-order valence-corrected chi connectivity index (χ3v) is 2.49. The van der Waals surface area contributed by atoms with Crippen LogP contribution in [0.25, 0.3) is 0 Å². The lowest BCUT2D eigenvalue weighted by Crippen LogP contribution is -2.00. The smallest absolute Gasteiger partial charge is 0.357 e. The number of hydrogen-bond donors (Lipinski definition) is 1. The zero-order valence-corrected chi connectivity index (χ0v) is 10.3. The van der Waals surface area contributed by atoms with Gasteiger partial charge in [-0.2, -0.15) is 0 Å². The first-order valence-corrected chi connectivity index (χ1v) is 5.50. The van der Waals surface area contributed by atoms with Crippen molar-refractivity contribution in [3.05, 3.63) is 46.6 Å². The number of rotatable bonds is 4. The van der Waals surface area contributed by atoms with Crippen molar-refractivity contribution in [2.75, 3.05) is 0 Å². The van der Waals surface area contributed by atoms with Crippen LogP contribution in [0.3, 0.4) is 0 Å². The average Bonchev–Trinajstić information content (AvgIpc) is 2.76. The van der Waals surface area contributed by atoms with Crippen LogP contribution in [0.15, 0.2) is 28.9 Å². The van der Waals surface area contributed by atoms with Gasteiger partial charge in [-0.25, -0.2) is 9.78 Å². The summed E-state index contributed by atoms with van der Waals surface area (Å²) in [5.74, 6) is -0.274. The second-order valence-electron chi connectivity index (χ2n) is 3.63. The van der Waals surface area contributed by atoms with E-state index in [1.807, 2.05) is 6.92 Å². The minimum absolute atomic E-state index is 0.0652. The highest BCUT2D eigenvalue weighted by molar-refractivity contribution is 6.30. The molecule has 0 spiro atoms. The zero-order chi connectivity index (χ0) is 13.1. The number of nitrogens with zero attached hydrogens (tertiary/aromatic N) is 1. The van der Waals surface area contributed by atoms with E-state index in [2.05, 4.69) is 4.98 Å². The molecule has 0 aliphatic heterocycles. The molecule has 0 saturated carbocycles. The Morgan fingerprint density at radius 3 is 2.94 bits per heavy atom. The molecule has 0 aliphatic carbocycles. The van der Waals surface area contributed by atoms with Crippen LogP contribution in [0.5, 0.6) is 5.75 Å². The van der Waals surface area contributed by atoms with Gasteiger partial charge in [-0.15, -0.1) is 0 Å². The lowest BCUT2D eigenvalue weighted by Gasteiger charge is -2.06. The van der Waals surface area contributed by atoms with E-state index in [0.717, 1.165) is 11.8 Å². The van der Waals surface area contributed by atoms with Gasteiger partial charge in [0.05, 0.1) is 0 Å². The van der Waals surface area contributed by atoms with Crippen molar-refractivity contribution in [1.82, 2.24) is 4.98 Å². The van der Waals surface area contributed by atoms with Gasteiger partial charge in [-0.1, -0.05) is 11.6 Å². The summed E-state index contributed by atoms with van der Waals surface area (Å²) in [6.45, 7) is 1.93. The number of hydrogen-bond acceptors (Lipinski definition) is 4. The molecule has 6 heteroatoms. The number of oxazole rings is 1. The quantitative estimate of drug-likeness (QED) is 0.922. The van der Waals surface area contributed by atoms with Crippen LogP contribution in [0.2, 0.25) is 5.02 Å².